The van der Waals surface area contributed by atoms with E-state index in [1.807, 2.05) is 7.05 Å². The maximum absolute atomic E-state index is 5.60. The van der Waals surface area contributed by atoms with Gasteiger partial charge in [0.25, 0.3) is 0 Å². The lowest BCUT2D eigenvalue weighted by Crippen LogP contribution is -2.29. The highest BCUT2D eigenvalue weighted by atomic mass is 35.5. The van der Waals surface area contributed by atoms with Gasteiger partial charge in [-0.2, -0.15) is 0 Å². The molecule has 5 nitrogen and oxygen atoms in total. The number of nitrogens with zero attached hydrogens (tertiary/aromatic N) is 3. The lowest BCUT2D eigenvalue weighted by atomic mass is 10.1. The number of alkyl halides is 1. The fourth-order valence-electron chi connectivity index (χ4n) is 1.21. The molecule has 1 unspecified atom stereocenters. The van der Waals surface area contributed by atoms with Gasteiger partial charge in [-0.15, -0.1) is 16.7 Å². The summed E-state index contributed by atoms with van der Waals surface area (Å²) in [7, 11) is 1.84. The number of hydrogen-bond donors (Lipinski definition) is 2. The Morgan fingerprint density at radius 3 is 3.00 bits per heavy atom. The average Bonchev–Trinajstić information content (AvgIpc) is 2.54. The van der Waals surface area contributed by atoms with Gasteiger partial charge < -0.3 is 0 Å². The second-order valence-electron chi connectivity index (χ2n) is 2.83. The Morgan fingerprint density at radius 1 is 1.77 bits per heavy atom. The van der Waals surface area contributed by atoms with Gasteiger partial charge in [0.2, 0.25) is 0 Å². The van der Waals surface area contributed by atoms with Crippen molar-refractivity contribution in [3.63, 3.8) is 0 Å². The molecule has 74 valence electrons. The van der Waals surface area contributed by atoms with Crippen molar-refractivity contribution in [2.75, 3.05) is 5.88 Å². The largest absolute Gasteiger partial charge is 0.271 e. The minimum Gasteiger partial charge on any atom is -0.271 e. The molecule has 1 aromatic rings. The summed E-state index contributed by atoms with van der Waals surface area (Å²) >= 11 is 5.60. The molecule has 1 atom stereocenters. The number of aryl methyl sites for hydroxylation is 1. The zero-order valence-corrected chi connectivity index (χ0v) is 8.33. The Labute approximate surface area is 82.2 Å². The predicted molar refractivity (Wildman–Crippen MR) is 51.0 cm³/mol. The standard InChI is InChI=1S/C7H14ClN5/c1-13-7(5-10-12-13)6(11-9)3-2-4-8/h5-6,11H,2-4,9H2,1H3. The van der Waals surface area contributed by atoms with E-state index in [9.17, 15) is 0 Å². The molecule has 0 saturated heterocycles. The average molecular weight is 204 g/mol. The first kappa shape index (κ1) is 10.4. The van der Waals surface area contributed by atoms with Gasteiger partial charge in [-0.3, -0.25) is 16.0 Å². The first-order valence-electron chi connectivity index (χ1n) is 4.16. The first-order chi connectivity index (χ1) is 6.29. The lowest BCUT2D eigenvalue weighted by Gasteiger charge is -2.14. The van der Waals surface area contributed by atoms with Gasteiger partial charge in [0.05, 0.1) is 17.9 Å². The van der Waals surface area contributed by atoms with Gasteiger partial charge in [-0.1, -0.05) is 5.21 Å². The number of halogens is 1. The van der Waals surface area contributed by atoms with Crippen molar-refractivity contribution in [2.45, 2.75) is 18.9 Å². The van der Waals surface area contributed by atoms with Crippen LogP contribution in [0.4, 0.5) is 0 Å². The minimum absolute atomic E-state index is 0.0822. The van der Waals surface area contributed by atoms with Gasteiger partial charge in [-0.05, 0) is 12.8 Å². The lowest BCUT2D eigenvalue weighted by molar-refractivity contribution is 0.475. The Kier molecular flexibility index (Phi) is 4.14. The molecule has 0 saturated carbocycles. The fourth-order valence-corrected chi connectivity index (χ4v) is 1.37. The van der Waals surface area contributed by atoms with Crippen LogP contribution in [0.1, 0.15) is 24.6 Å². The predicted octanol–water partition coefficient (Wildman–Crippen LogP) is 0.338. The molecule has 0 bridgehead atoms. The van der Waals surface area contributed by atoms with Crippen LogP contribution in [0.3, 0.4) is 0 Å². The number of hydrazine groups is 1. The molecule has 0 aromatic carbocycles. The molecule has 0 radical (unpaired) electrons. The third-order valence-corrected chi connectivity index (χ3v) is 2.20. The van der Waals surface area contributed by atoms with E-state index in [0.717, 1.165) is 18.5 Å². The van der Waals surface area contributed by atoms with Crippen molar-refractivity contribution in [1.29, 1.82) is 0 Å². The number of aromatic nitrogens is 3. The molecular weight excluding hydrogens is 190 g/mol. The van der Waals surface area contributed by atoms with Crippen LogP contribution in [0.15, 0.2) is 6.20 Å². The van der Waals surface area contributed by atoms with Crippen LogP contribution >= 0.6 is 11.6 Å². The number of nitrogens with two attached hydrogens (primary N) is 1. The zero-order chi connectivity index (χ0) is 9.68. The number of nitrogens with one attached hydrogen (secondary N) is 1. The van der Waals surface area contributed by atoms with Crippen molar-refractivity contribution < 1.29 is 0 Å². The summed E-state index contributed by atoms with van der Waals surface area (Å²) in [5, 5.41) is 7.61. The number of rotatable bonds is 5. The third kappa shape index (κ3) is 2.65. The second kappa shape index (κ2) is 5.16. The smallest absolute Gasteiger partial charge is 0.0766 e. The summed E-state index contributed by atoms with van der Waals surface area (Å²) in [4.78, 5) is 0. The maximum atomic E-state index is 5.60. The van der Waals surface area contributed by atoms with Crippen LogP contribution in [-0.4, -0.2) is 20.9 Å². The summed E-state index contributed by atoms with van der Waals surface area (Å²) < 4.78 is 1.71. The summed E-state index contributed by atoms with van der Waals surface area (Å²) in [6.07, 6.45) is 3.52. The highest BCUT2D eigenvalue weighted by Crippen LogP contribution is 2.15. The van der Waals surface area contributed by atoms with Gasteiger partial charge in [0, 0.05) is 12.9 Å². The molecule has 0 amide bonds. The minimum atomic E-state index is 0.0822. The summed E-state index contributed by atoms with van der Waals surface area (Å²) in [5.74, 6) is 6.05. The van der Waals surface area contributed by atoms with Crippen LogP contribution in [0.25, 0.3) is 0 Å². The molecule has 0 fully saturated rings. The molecule has 0 aliphatic carbocycles. The highest BCUT2D eigenvalue weighted by molar-refractivity contribution is 6.17. The number of hydrogen-bond acceptors (Lipinski definition) is 4. The molecule has 0 aliphatic heterocycles. The van der Waals surface area contributed by atoms with Crippen molar-refractivity contribution in [2.24, 2.45) is 12.9 Å². The Balaban J connectivity index is 2.61. The molecule has 0 aliphatic rings. The first-order valence-corrected chi connectivity index (χ1v) is 4.69. The van der Waals surface area contributed by atoms with Crippen molar-refractivity contribution in [1.82, 2.24) is 20.4 Å². The quantitative estimate of drug-likeness (QED) is 0.411. The van der Waals surface area contributed by atoms with Gasteiger partial charge in [0.15, 0.2) is 0 Å². The molecule has 1 aromatic heterocycles. The van der Waals surface area contributed by atoms with E-state index in [-0.39, 0.29) is 6.04 Å². The van der Waals surface area contributed by atoms with Crippen LogP contribution in [0.5, 0.6) is 0 Å². The summed E-state index contributed by atoms with van der Waals surface area (Å²) in [6.45, 7) is 0. The second-order valence-corrected chi connectivity index (χ2v) is 3.21. The Bertz CT molecular complexity index is 249. The van der Waals surface area contributed by atoms with Crippen LogP contribution < -0.4 is 11.3 Å². The van der Waals surface area contributed by atoms with E-state index in [0.29, 0.717) is 5.88 Å². The molecule has 3 N–H and O–H groups in total. The molecule has 1 rings (SSSR count). The van der Waals surface area contributed by atoms with E-state index in [4.69, 9.17) is 17.4 Å². The molecular formula is C7H14ClN5. The highest BCUT2D eigenvalue weighted by Gasteiger charge is 2.12. The Hall–Kier alpha value is -0.650. The Morgan fingerprint density at radius 2 is 2.54 bits per heavy atom. The van der Waals surface area contributed by atoms with Gasteiger partial charge >= 0.3 is 0 Å². The maximum Gasteiger partial charge on any atom is 0.0766 e. The monoisotopic (exact) mass is 203 g/mol. The van der Waals surface area contributed by atoms with Crippen LogP contribution in [0, 0.1) is 0 Å². The van der Waals surface area contributed by atoms with Crippen molar-refractivity contribution in [3.05, 3.63) is 11.9 Å². The van der Waals surface area contributed by atoms with Crippen molar-refractivity contribution in [3.8, 4) is 0 Å². The van der Waals surface area contributed by atoms with E-state index < -0.39 is 0 Å². The van der Waals surface area contributed by atoms with E-state index in [2.05, 4.69) is 15.7 Å². The molecule has 1 heterocycles. The summed E-state index contributed by atoms with van der Waals surface area (Å²) in [5.41, 5.74) is 3.70. The van der Waals surface area contributed by atoms with Crippen molar-refractivity contribution >= 4 is 11.6 Å². The molecule has 13 heavy (non-hydrogen) atoms. The normalized spacial score (nSPS) is 13.2. The van der Waals surface area contributed by atoms with Gasteiger partial charge in [-0.25, -0.2) is 0 Å². The van der Waals surface area contributed by atoms with E-state index in [1.54, 1.807) is 10.9 Å². The fraction of sp³-hybridized carbons (Fsp3) is 0.714. The topological polar surface area (TPSA) is 68.8 Å². The van der Waals surface area contributed by atoms with E-state index in [1.165, 1.54) is 0 Å². The SMILES string of the molecule is Cn1nncc1C(CCCCl)NN. The third-order valence-electron chi connectivity index (χ3n) is 1.93. The van der Waals surface area contributed by atoms with Crippen LogP contribution in [0.2, 0.25) is 0 Å². The molecule has 6 heteroatoms. The van der Waals surface area contributed by atoms with Crippen LogP contribution in [-0.2, 0) is 7.05 Å². The van der Waals surface area contributed by atoms with E-state index >= 15 is 0 Å². The van der Waals surface area contributed by atoms with Gasteiger partial charge in [0.1, 0.15) is 0 Å². The molecule has 0 spiro atoms. The zero-order valence-electron chi connectivity index (χ0n) is 7.57. The summed E-state index contributed by atoms with van der Waals surface area (Å²) in [6, 6.07) is 0.0822.